The smallest absolute Gasteiger partial charge is 0.330 e. The fraction of sp³-hybridized carbons (Fsp3) is 0.500. The number of ether oxygens (including phenoxy) is 2. The maximum absolute atomic E-state index is 15.0. The Labute approximate surface area is 170 Å². The summed E-state index contributed by atoms with van der Waals surface area (Å²) in [5.74, 6) is -1.15. The minimum absolute atomic E-state index is 0.0823. The first-order chi connectivity index (χ1) is 13.6. The minimum atomic E-state index is -4.48. The van der Waals surface area contributed by atoms with Gasteiger partial charge < -0.3 is 14.4 Å². The molecule has 1 heterocycles. The Kier molecular flexibility index (Phi) is 7.54. The molecule has 1 aromatic rings. The van der Waals surface area contributed by atoms with Crippen molar-refractivity contribution < 1.29 is 31.9 Å². The number of hydrogen-bond donors (Lipinski definition) is 0. The van der Waals surface area contributed by atoms with Crippen molar-refractivity contribution in [1.82, 2.24) is 4.90 Å². The molecule has 1 aromatic carbocycles. The monoisotopic (exact) mass is 427 g/mol. The number of rotatable bonds is 7. The lowest BCUT2D eigenvalue weighted by Gasteiger charge is -2.34. The molecule has 1 aliphatic rings. The number of alkyl halides is 1. The van der Waals surface area contributed by atoms with Crippen LogP contribution in [0.4, 0.5) is 4.39 Å². The highest BCUT2D eigenvalue weighted by Crippen LogP contribution is 2.34. The molecule has 1 amide bonds. The number of morpholine rings is 1. The van der Waals surface area contributed by atoms with Crippen molar-refractivity contribution in [2.75, 3.05) is 32.9 Å². The van der Waals surface area contributed by atoms with Crippen molar-refractivity contribution in [3.05, 3.63) is 41.5 Å². The molecule has 0 saturated carbocycles. The Hall–Kier alpha value is -2.26. The molecule has 1 atom stereocenters. The fourth-order valence-corrected chi connectivity index (χ4v) is 4.23. The SMILES string of the molecule is CCOC(=O)/C=C/c1ccc(C(F)S(=O)(=O)C(C)(C)C(=O)N2CCOCC2)cc1. The zero-order valence-corrected chi connectivity index (χ0v) is 17.6. The van der Waals surface area contributed by atoms with Gasteiger partial charge in [-0.15, -0.1) is 0 Å². The van der Waals surface area contributed by atoms with Crippen molar-refractivity contribution in [3.63, 3.8) is 0 Å². The van der Waals surface area contributed by atoms with Crippen LogP contribution in [-0.4, -0.2) is 62.9 Å². The number of carbonyl (C=O) groups excluding carboxylic acids is 2. The van der Waals surface area contributed by atoms with Gasteiger partial charge in [-0.25, -0.2) is 17.6 Å². The van der Waals surface area contributed by atoms with Crippen LogP contribution in [0.2, 0.25) is 0 Å². The summed E-state index contributed by atoms with van der Waals surface area (Å²) in [5, 5.41) is 0. The van der Waals surface area contributed by atoms with E-state index in [1.165, 1.54) is 55.2 Å². The molecule has 0 aliphatic carbocycles. The van der Waals surface area contributed by atoms with Crippen LogP contribution in [0.3, 0.4) is 0 Å². The first-order valence-electron chi connectivity index (χ1n) is 9.30. The van der Waals surface area contributed by atoms with Crippen molar-refractivity contribution in [2.45, 2.75) is 31.0 Å². The molecule has 9 heteroatoms. The summed E-state index contributed by atoms with van der Waals surface area (Å²) in [7, 11) is -4.48. The van der Waals surface area contributed by atoms with Gasteiger partial charge in [-0.2, -0.15) is 0 Å². The summed E-state index contributed by atoms with van der Waals surface area (Å²) in [5.41, 5.74) is -1.86. The summed E-state index contributed by atoms with van der Waals surface area (Å²) in [6.45, 7) is 5.58. The molecule has 0 radical (unpaired) electrons. The lowest BCUT2D eigenvalue weighted by atomic mass is 10.1. The number of halogens is 1. The van der Waals surface area contributed by atoms with E-state index >= 15 is 4.39 Å². The number of carbonyl (C=O) groups is 2. The Morgan fingerprint density at radius 2 is 1.83 bits per heavy atom. The van der Waals surface area contributed by atoms with Gasteiger partial charge >= 0.3 is 5.97 Å². The number of nitrogens with zero attached hydrogens (tertiary/aromatic N) is 1. The molecule has 0 spiro atoms. The predicted octanol–water partition coefficient (Wildman–Crippen LogP) is 2.28. The van der Waals surface area contributed by atoms with E-state index in [4.69, 9.17) is 9.47 Å². The highest BCUT2D eigenvalue weighted by molar-refractivity contribution is 7.93. The lowest BCUT2D eigenvalue weighted by Crippen LogP contribution is -2.53. The van der Waals surface area contributed by atoms with Crippen LogP contribution in [0.1, 0.15) is 37.4 Å². The number of benzene rings is 1. The second-order valence-electron chi connectivity index (χ2n) is 7.03. The van der Waals surface area contributed by atoms with E-state index in [0.717, 1.165) is 0 Å². The van der Waals surface area contributed by atoms with Crippen LogP contribution >= 0.6 is 0 Å². The molecule has 2 rings (SSSR count). The molecular formula is C20H26FNO6S. The Balaban J connectivity index is 2.17. The number of sulfone groups is 1. The number of esters is 1. The van der Waals surface area contributed by atoms with Gasteiger partial charge in [-0.3, -0.25) is 4.79 Å². The van der Waals surface area contributed by atoms with Gasteiger partial charge in [-0.05, 0) is 32.4 Å². The summed E-state index contributed by atoms with van der Waals surface area (Å²) in [4.78, 5) is 25.5. The van der Waals surface area contributed by atoms with Gasteiger partial charge in [0.15, 0.2) is 0 Å². The first kappa shape index (κ1) is 23.0. The summed E-state index contributed by atoms with van der Waals surface area (Å²) in [6, 6.07) is 5.62. The van der Waals surface area contributed by atoms with E-state index in [1.54, 1.807) is 6.92 Å². The lowest BCUT2D eigenvalue weighted by molar-refractivity contribution is -0.138. The molecule has 1 fully saturated rings. The molecule has 1 unspecified atom stereocenters. The fourth-order valence-electron chi connectivity index (χ4n) is 2.82. The maximum atomic E-state index is 15.0. The third-order valence-electron chi connectivity index (χ3n) is 4.69. The third-order valence-corrected chi connectivity index (χ3v) is 7.11. The van der Waals surface area contributed by atoms with E-state index < -0.39 is 32.0 Å². The topological polar surface area (TPSA) is 90.0 Å². The van der Waals surface area contributed by atoms with E-state index in [1.807, 2.05) is 0 Å². The van der Waals surface area contributed by atoms with Crippen molar-refractivity contribution >= 4 is 27.8 Å². The van der Waals surface area contributed by atoms with Crippen molar-refractivity contribution in [2.24, 2.45) is 0 Å². The van der Waals surface area contributed by atoms with Crippen LogP contribution in [0.25, 0.3) is 6.08 Å². The normalized spacial score (nSPS) is 16.6. The van der Waals surface area contributed by atoms with Crippen molar-refractivity contribution in [3.8, 4) is 0 Å². The van der Waals surface area contributed by atoms with E-state index in [-0.39, 0.29) is 25.3 Å². The molecule has 0 aromatic heterocycles. The van der Waals surface area contributed by atoms with Crippen molar-refractivity contribution in [1.29, 1.82) is 0 Å². The quantitative estimate of drug-likeness (QED) is 0.490. The summed E-state index contributed by atoms with van der Waals surface area (Å²) < 4.78 is 48.8. The first-order valence-corrected chi connectivity index (χ1v) is 10.8. The second kappa shape index (κ2) is 9.49. The second-order valence-corrected chi connectivity index (χ2v) is 9.55. The summed E-state index contributed by atoms with van der Waals surface area (Å²) >= 11 is 0. The third kappa shape index (κ3) is 5.22. The average Bonchev–Trinajstić information content (AvgIpc) is 2.72. The van der Waals surface area contributed by atoms with Gasteiger partial charge in [0.1, 0.15) is 4.75 Å². The molecule has 29 heavy (non-hydrogen) atoms. The zero-order valence-electron chi connectivity index (χ0n) is 16.8. The average molecular weight is 427 g/mol. The highest BCUT2D eigenvalue weighted by Gasteiger charge is 2.49. The van der Waals surface area contributed by atoms with Crippen LogP contribution < -0.4 is 0 Å². The van der Waals surface area contributed by atoms with Crippen LogP contribution in [-0.2, 0) is 28.9 Å². The Morgan fingerprint density at radius 3 is 2.38 bits per heavy atom. The predicted molar refractivity (Wildman–Crippen MR) is 106 cm³/mol. The van der Waals surface area contributed by atoms with E-state index in [0.29, 0.717) is 18.8 Å². The standard InChI is InChI=1S/C20H26FNO6S/c1-4-28-17(23)10-7-15-5-8-16(9-6-15)18(21)29(25,26)20(2,3)19(24)22-11-13-27-14-12-22/h5-10,18H,4,11-14H2,1-3H3/b10-7+. The molecule has 1 aliphatic heterocycles. The van der Waals surface area contributed by atoms with Gasteiger partial charge in [0, 0.05) is 24.7 Å². The Bertz CT molecular complexity index is 857. The van der Waals surface area contributed by atoms with E-state index in [9.17, 15) is 18.0 Å². The number of hydrogen-bond acceptors (Lipinski definition) is 6. The van der Waals surface area contributed by atoms with E-state index in [2.05, 4.69) is 0 Å². The molecule has 0 N–H and O–H groups in total. The molecule has 7 nitrogen and oxygen atoms in total. The van der Waals surface area contributed by atoms with Gasteiger partial charge in [0.2, 0.25) is 21.2 Å². The van der Waals surface area contributed by atoms with Crippen LogP contribution in [0.5, 0.6) is 0 Å². The minimum Gasteiger partial charge on any atom is -0.463 e. The molecule has 160 valence electrons. The maximum Gasteiger partial charge on any atom is 0.330 e. The highest BCUT2D eigenvalue weighted by atomic mass is 32.2. The van der Waals surface area contributed by atoms with Gasteiger partial charge in [0.05, 0.1) is 19.8 Å². The molecule has 1 saturated heterocycles. The number of amides is 1. The molecule has 0 bridgehead atoms. The van der Waals surface area contributed by atoms with Gasteiger partial charge in [-0.1, -0.05) is 24.3 Å². The zero-order chi connectivity index (χ0) is 21.7. The molecular weight excluding hydrogens is 401 g/mol. The van der Waals surface area contributed by atoms with Crippen LogP contribution in [0, 0.1) is 0 Å². The largest absolute Gasteiger partial charge is 0.463 e. The van der Waals surface area contributed by atoms with Gasteiger partial charge in [0.25, 0.3) is 0 Å². The Morgan fingerprint density at radius 1 is 1.24 bits per heavy atom. The summed E-state index contributed by atoms with van der Waals surface area (Å²) in [6.07, 6.45) is 2.71. The van der Waals surface area contributed by atoms with Crippen LogP contribution in [0.15, 0.2) is 30.3 Å².